The van der Waals surface area contributed by atoms with E-state index in [1.54, 1.807) is 6.07 Å². The van der Waals surface area contributed by atoms with Crippen molar-refractivity contribution in [1.29, 1.82) is 0 Å². The fourth-order valence-electron chi connectivity index (χ4n) is 1.83. The van der Waals surface area contributed by atoms with Crippen molar-refractivity contribution in [2.75, 3.05) is 0 Å². The summed E-state index contributed by atoms with van der Waals surface area (Å²) < 4.78 is 0. The van der Waals surface area contributed by atoms with Gasteiger partial charge in [0.25, 0.3) is 5.91 Å². The summed E-state index contributed by atoms with van der Waals surface area (Å²) in [7, 11) is 0. The molecule has 0 aromatic heterocycles. The number of hydrazine groups is 1. The van der Waals surface area contributed by atoms with Crippen molar-refractivity contribution in [1.82, 2.24) is 10.9 Å². The highest BCUT2D eigenvalue weighted by Gasteiger charge is 2.12. The number of halogens is 2. The van der Waals surface area contributed by atoms with E-state index in [2.05, 4.69) is 10.9 Å². The third-order valence-corrected chi connectivity index (χ3v) is 3.54. The largest absolute Gasteiger partial charge is 0.273 e. The van der Waals surface area contributed by atoms with Gasteiger partial charge in [0.1, 0.15) is 0 Å². The van der Waals surface area contributed by atoms with Gasteiger partial charge in [-0.05, 0) is 30.2 Å². The summed E-state index contributed by atoms with van der Waals surface area (Å²) >= 11 is 11.7. The van der Waals surface area contributed by atoms with Crippen molar-refractivity contribution in [3.63, 3.8) is 0 Å². The molecule has 2 rings (SSSR count). The first-order chi connectivity index (χ1) is 10.6. The van der Waals surface area contributed by atoms with Crippen molar-refractivity contribution in [2.45, 2.75) is 12.8 Å². The minimum atomic E-state index is -0.513. The molecule has 0 aliphatic carbocycles. The predicted octanol–water partition coefficient (Wildman–Crippen LogP) is 3.39. The molecule has 0 aliphatic rings. The van der Waals surface area contributed by atoms with Crippen LogP contribution < -0.4 is 10.9 Å². The molecular formula is C16H14Cl2N2O2. The molecule has 0 heterocycles. The van der Waals surface area contributed by atoms with Gasteiger partial charge >= 0.3 is 0 Å². The van der Waals surface area contributed by atoms with Gasteiger partial charge in [-0.25, -0.2) is 0 Å². The number of nitrogens with one attached hydrogen (secondary N) is 2. The number of rotatable bonds is 4. The van der Waals surface area contributed by atoms with E-state index < -0.39 is 5.91 Å². The summed E-state index contributed by atoms with van der Waals surface area (Å²) in [6.45, 7) is 0. The van der Waals surface area contributed by atoms with Crippen LogP contribution in [0.1, 0.15) is 22.3 Å². The van der Waals surface area contributed by atoms with Gasteiger partial charge in [-0.3, -0.25) is 20.4 Å². The molecule has 0 aliphatic heterocycles. The number of carbonyl (C=O) groups excluding carboxylic acids is 2. The van der Waals surface area contributed by atoms with E-state index in [1.165, 1.54) is 12.1 Å². The number of carbonyl (C=O) groups is 2. The van der Waals surface area contributed by atoms with Gasteiger partial charge < -0.3 is 0 Å². The van der Waals surface area contributed by atoms with Crippen LogP contribution in [0.4, 0.5) is 0 Å². The molecule has 2 aromatic rings. The summed E-state index contributed by atoms with van der Waals surface area (Å²) in [4.78, 5) is 23.6. The Labute approximate surface area is 138 Å². The molecule has 0 bridgehead atoms. The average molecular weight is 337 g/mol. The van der Waals surface area contributed by atoms with Gasteiger partial charge in [0.2, 0.25) is 5.91 Å². The zero-order chi connectivity index (χ0) is 15.9. The van der Waals surface area contributed by atoms with E-state index >= 15 is 0 Å². The van der Waals surface area contributed by atoms with Crippen molar-refractivity contribution in [3.8, 4) is 0 Å². The summed E-state index contributed by atoms with van der Waals surface area (Å²) in [5, 5.41) is 0.658. The van der Waals surface area contributed by atoms with Crippen LogP contribution in [0.15, 0.2) is 48.5 Å². The van der Waals surface area contributed by atoms with Crippen LogP contribution in [0, 0.1) is 0 Å². The fraction of sp³-hybridized carbons (Fsp3) is 0.125. The summed E-state index contributed by atoms with van der Waals surface area (Å²) in [5.74, 6) is -0.795. The van der Waals surface area contributed by atoms with Crippen molar-refractivity contribution >= 4 is 35.0 Å². The zero-order valence-corrected chi connectivity index (χ0v) is 13.1. The second kappa shape index (κ2) is 7.82. The molecule has 0 spiro atoms. The maximum absolute atomic E-state index is 11.9. The lowest BCUT2D eigenvalue weighted by molar-refractivity contribution is -0.121. The van der Waals surface area contributed by atoms with Gasteiger partial charge in [-0.1, -0.05) is 53.5 Å². The molecule has 0 fully saturated rings. The number of hydrogen-bond donors (Lipinski definition) is 2. The van der Waals surface area contributed by atoms with Crippen LogP contribution in [-0.2, 0) is 11.2 Å². The molecule has 0 atom stereocenters. The highest BCUT2D eigenvalue weighted by molar-refractivity contribution is 6.35. The lowest BCUT2D eigenvalue weighted by Gasteiger charge is -2.09. The second-order valence-electron chi connectivity index (χ2n) is 4.61. The Hall–Kier alpha value is -2.04. The molecule has 22 heavy (non-hydrogen) atoms. The van der Waals surface area contributed by atoms with Crippen molar-refractivity contribution in [3.05, 3.63) is 69.7 Å². The lowest BCUT2D eigenvalue weighted by atomic mass is 10.1. The fourth-order valence-corrected chi connectivity index (χ4v) is 2.21. The average Bonchev–Trinajstić information content (AvgIpc) is 2.54. The highest BCUT2D eigenvalue weighted by Crippen LogP contribution is 2.20. The smallest absolute Gasteiger partial charge is 0.271 e. The van der Waals surface area contributed by atoms with Crippen LogP contribution >= 0.6 is 23.2 Å². The molecule has 2 aromatic carbocycles. The van der Waals surface area contributed by atoms with Crippen molar-refractivity contribution < 1.29 is 9.59 Å². The Morgan fingerprint density at radius 1 is 0.955 bits per heavy atom. The monoisotopic (exact) mass is 336 g/mol. The van der Waals surface area contributed by atoms with Crippen LogP contribution in [0.25, 0.3) is 0 Å². The first kappa shape index (κ1) is 16.3. The Morgan fingerprint density at radius 3 is 2.41 bits per heavy atom. The molecule has 114 valence electrons. The predicted molar refractivity (Wildman–Crippen MR) is 86.8 cm³/mol. The quantitative estimate of drug-likeness (QED) is 0.841. The van der Waals surface area contributed by atoms with Crippen LogP contribution in [0.3, 0.4) is 0 Å². The van der Waals surface area contributed by atoms with Crippen molar-refractivity contribution in [2.24, 2.45) is 0 Å². The number of aryl methyl sites for hydroxylation is 1. The topological polar surface area (TPSA) is 58.2 Å². The summed E-state index contributed by atoms with van der Waals surface area (Å²) in [5.41, 5.74) is 5.94. The summed E-state index contributed by atoms with van der Waals surface area (Å²) in [6.07, 6.45) is 0.869. The normalized spacial score (nSPS) is 10.1. The second-order valence-corrected chi connectivity index (χ2v) is 5.46. The Balaban J connectivity index is 1.83. The molecule has 0 unspecified atom stereocenters. The third kappa shape index (κ3) is 4.76. The first-order valence-electron chi connectivity index (χ1n) is 6.64. The lowest BCUT2D eigenvalue weighted by Crippen LogP contribution is -2.41. The van der Waals surface area contributed by atoms with Crippen LogP contribution in [0.2, 0.25) is 10.0 Å². The van der Waals surface area contributed by atoms with E-state index in [4.69, 9.17) is 23.2 Å². The highest BCUT2D eigenvalue weighted by atomic mass is 35.5. The third-order valence-electron chi connectivity index (χ3n) is 2.97. The van der Waals surface area contributed by atoms with Gasteiger partial charge in [0.05, 0.1) is 10.6 Å². The Kier molecular flexibility index (Phi) is 5.81. The van der Waals surface area contributed by atoms with E-state index in [0.29, 0.717) is 11.4 Å². The van der Waals surface area contributed by atoms with Gasteiger partial charge in [-0.15, -0.1) is 0 Å². The SMILES string of the molecule is O=C(CCc1ccccc1)NNC(=O)c1cc(Cl)ccc1Cl. The molecular weight excluding hydrogens is 323 g/mol. The van der Waals surface area contributed by atoms with Gasteiger partial charge in [0, 0.05) is 11.4 Å². The number of benzene rings is 2. The Bertz CT molecular complexity index is 675. The van der Waals surface area contributed by atoms with E-state index in [0.717, 1.165) is 5.56 Å². The Morgan fingerprint density at radius 2 is 1.68 bits per heavy atom. The van der Waals surface area contributed by atoms with Crippen LogP contribution in [0.5, 0.6) is 0 Å². The maximum atomic E-state index is 11.9. The number of amides is 2. The molecule has 2 amide bonds. The zero-order valence-electron chi connectivity index (χ0n) is 11.6. The van der Waals surface area contributed by atoms with E-state index in [1.807, 2.05) is 30.3 Å². The molecule has 4 nitrogen and oxygen atoms in total. The molecule has 6 heteroatoms. The van der Waals surface area contributed by atoms with Gasteiger partial charge in [-0.2, -0.15) is 0 Å². The molecule has 0 saturated carbocycles. The first-order valence-corrected chi connectivity index (χ1v) is 7.40. The van der Waals surface area contributed by atoms with E-state index in [-0.39, 0.29) is 22.9 Å². The molecule has 0 saturated heterocycles. The van der Waals surface area contributed by atoms with E-state index in [9.17, 15) is 9.59 Å². The minimum absolute atomic E-state index is 0.206. The standard InChI is InChI=1S/C16H14Cl2N2O2/c17-12-7-8-14(18)13(10-12)16(22)20-19-15(21)9-6-11-4-2-1-3-5-11/h1-5,7-8,10H,6,9H2,(H,19,21)(H,20,22). The van der Waals surface area contributed by atoms with Crippen LogP contribution in [-0.4, -0.2) is 11.8 Å². The molecule has 2 N–H and O–H groups in total. The maximum Gasteiger partial charge on any atom is 0.271 e. The van der Waals surface area contributed by atoms with Gasteiger partial charge in [0.15, 0.2) is 0 Å². The molecule has 0 radical (unpaired) electrons. The minimum Gasteiger partial charge on any atom is -0.273 e. The summed E-state index contributed by atoms with van der Waals surface area (Å²) in [6, 6.07) is 14.2. The number of hydrogen-bond acceptors (Lipinski definition) is 2.